The highest BCUT2D eigenvalue weighted by Crippen LogP contribution is 2.49. The van der Waals surface area contributed by atoms with Crippen LogP contribution in [0.25, 0.3) is 10.2 Å². The molecule has 1 saturated heterocycles. The number of rotatable bonds is 5. The number of benzene rings is 1. The number of fused-ring (bicyclic) bond motifs is 2. The van der Waals surface area contributed by atoms with Gasteiger partial charge in [0.05, 0.1) is 28.2 Å². The second-order valence-corrected chi connectivity index (χ2v) is 9.04. The van der Waals surface area contributed by atoms with Crippen LogP contribution in [-0.2, 0) is 16.1 Å². The molecule has 4 rings (SSSR count). The molecule has 1 aromatic heterocycles. The summed E-state index contributed by atoms with van der Waals surface area (Å²) in [6.07, 6.45) is 2.65. The lowest BCUT2D eigenvalue weighted by atomic mass is 9.81. The van der Waals surface area contributed by atoms with Gasteiger partial charge in [-0.15, -0.1) is 11.3 Å². The van der Waals surface area contributed by atoms with Gasteiger partial charge in [-0.25, -0.2) is 4.98 Å². The van der Waals surface area contributed by atoms with Crippen molar-refractivity contribution in [2.24, 2.45) is 11.3 Å². The molecule has 2 aliphatic rings. The molecule has 0 spiro atoms. The van der Waals surface area contributed by atoms with Gasteiger partial charge in [-0.05, 0) is 37.8 Å². The zero-order chi connectivity index (χ0) is 19.2. The first-order valence-electron chi connectivity index (χ1n) is 9.47. The van der Waals surface area contributed by atoms with E-state index in [1.165, 1.54) is 0 Å². The molecular weight excluding hydrogens is 362 g/mol. The number of likely N-dealkylation sites (tertiary alicyclic amines) is 1. The Morgan fingerprint density at radius 3 is 2.93 bits per heavy atom. The van der Waals surface area contributed by atoms with Gasteiger partial charge in [0.15, 0.2) is 0 Å². The summed E-state index contributed by atoms with van der Waals surface area (Å²) in [6, 6.07) is 7.66. The molecule has 7 heteroatoms. The molecule has 0 bridgehead atoms. The molecule has 1 N–H and O–H groups in total. The minimum Gasteiger partial charge on any atom is -0.481 e. The maximum atomic E-state index is 13.0. The van der Waals surface area contributed by atoms with Crippen molar-refractivity contribution in [1.29, 1.82) is 0 Å². The summed E-state index contributed by atoms with van der Waals surface area (Å²) in [5, 5.41) is 10.7. The fourth-order valence-electron chi connectivity index (χ4n) is 4.72. The highest BCUT2D eigenvalue weighted by atomic mass is 32.1. The largest absolute Gasteiger partial charge is 0.481 e. The Morgan fingerprint density at radius 2 is 2.22 bits per heavy atom. The minimum atomic E-state index is -0.699. The third-order valence-corrected chi connectivity index (χ3v) is 7.34. The van der Waals surface area contributed by atoms with Crippen molar-refractivity contribution >= 4 is 33.4 Å². The van der Waals surface area contributed by atoms with Gasteiger partial charge in [-0.2, -0.15) is 0 Å². The maximum absolute atomic E-state index is 13.0. The summed E-state index contributed by atoms with van der Waals surface area (Å²) in [6.45, 7) is 3.56. The van der Waals surface area contributed by atoms with Crippen LogP contribution in [0, 0.1) is 11.3 Å². The molecule has 1 saturated carbocycles. The first-order chi connectivity index (χ1) is 12.9. The Morgan fingerprint density at radius 1 is 1.44 bits per heavy atom. The number of carbonyl (C=O) groups is 2. The van der Waals surface area contributed by atoms with E-state index in [0.717, 1.165) is 34.5 Å². The van der Waals surface area contributed by atoms with Crippen molar-refractivity contribution in [3.05, 3.63) is 29.3 Å². The van der Waals surface area contributed by atoms with Crippen LogP contribution in [0.3, 0.4) is 0 Å². The van der Waals surface area contributed by atoms with E-state index >= 15 is 0 Å². The Balaban J connectivity index is 1.43. The number of carboxylic acids is 1. The topological polar surface area (TPSA) is 73.7 Å². The van der Waals surface area contributed by atoms with Gasteiger partial charge in [0.25, 0.3) is 0 Å². The van der Waals surface area contributed by atoms with Gasteiger partial charge in [0.1, 0.15) is 5.01 Å². The van der Waals surface area contributed by atoms with Crippen molar-refractivity contribution in [2.45, 2.75) is 38.8 Å². The van der Waals surface area contributed by atoms with Crippen molar-refractivity contribution in [3.8, 4) is 0 Å². The van der Waals surface area contributed by atoms with Gasteiger partial charge in [-0.3, -0.25) is 14.5 Å². The number of carbonyl (C=O) groups excluding carboxylic acids is 1. The fraction of sp³-hybridized carbons (Fsp3) is 0.550. The second kappa shape index (κ2) is 6.87. The highest BCUT2D eigenvalue weighted by molar-refractivity contribution is 7.18. The molecule has 2 heterocycles. The highest BCUT2D eigenvalue weighted by Gasteiger charge is 2.56. The van der Waals surface area contributed by atoms with Crippen LogP contribution in [0.4, 0.5) is 0 Å². The molecule has 2 fully saturated rings. The van der Waals surface area contributed by atoms with Crippen molar-refractivity contribution in [1.82, 2.24) is 14.8 Å². The third kappa shape index (κ3) is 3.12. The van der Waals surface area contributed by atoms with E-state index in [4.69, 9.17) is 0 Å². The van der Waals surface area contributed by atoms with Crippen LogP contribution >= 0.6 is 11.3 Å². The lowest BCUT2D eigenvalue weighted by Gasteiger charge is -2.29. The van der Waals surface area contributed by atoms with Gasteiger partial charge < -0.3 is 10.0 Å². The molecule has 0 radical (unpaired) electrons. The molecule has 144 valence electrons. The van der Waals surface area contributed by atoms with E-state index in [2.05, 4.69) is 9.88 Å². The number of aliphatic carboxylic acids is 1. The molecule has 27 heavy (non-hydrogen) atoms. The van der Waals surface area contributed by atoms with Crippen LogP contribution in [0.2, 0.25) is 0 Å². The van der Waals surface area contributed by atoms with E-state index in [-0.39, 0.29) is 17.9 Å². The van der Waals surface area contributed by atoms with Gasteiger partial charge in [-0.1, -0.05) is 18.6 Å². The van der Waals surface area contributed by atoms with Crippen molar-refractivity contribution < 1.29 is 14.7 Å². The van der Waals surface area contributed by atoms with Crippen LogP contribution in [-0.4, -0.2) is 57.9 Å². The summed E-state index contributed by atoms with van der Waals surface area (Å²) < 4.78 is 1.12. The van der Waals surface area contributed by atoms with Crippen LogP contribution < -0.4 is 0 Å². The number of nitrogens with zero attached hydrogens (tertiary/aromatic N) is 3. The first kappa shape index (κ1) is 18.4. The molecular formula is C20H25N3O3S. The molecule has 1 amide bonds. The number of likely N-dealkylation sites (N-methyl/N-ethyl adjacent to an activating group) is 1. The maximum Gasteiger partial charge on any atom is 0.311 e. The van der Waals surface area contributed by atoms with Crippen LogP contribution in [0.15, 0.2) is 24.3 Å². The molecule has 2 aromatic rings. The normalized spacial score (nSPS) is 26.2. The average molecular weight is 388 g/mol. The number of carboxylic acid groups (broad SMARTS) is 1. The van der Waals surface area contributed by atoms with Crippen molar-refractivity contribution in [3.63, 3.8) is 0 Å². The SMILES string of the molecule is CC(C(=O)N(C)Cc1nc2ccccc2s1)N1C[C@@H]2CCC[C@@]2(C(=O)O)C1. The summed E-state index contributed by atoms with van der Waals surface area (Å²) >= 11 is 1.61. The Kier molecular flexibility index (Phi) is 4.68. The van der Waals surface area contributed by atoms with E-state index in [9.17, 15) is 14.7 Å². The molecule has 3 atom stereocenters. The molecule has 1 aliphatic heterocycles. The number of aromatic nitrogens is 1. The number of amides is 1. The monoisotopic (exact) mass is 387 g/mol. The standard InChI is InChI=1S/C20H25N3O3S/c1-13(23-10-14-6-5-9-20(14,12-23)19(25)26)18(24)22(2)11-17-21-15-7-3-4-8-16(15)27-17/h3-4,7-8,13-14H,5-6,9-12H2,1-2H3,(H,25,26)/t13?,14-,20+/m0/s1. The summed E-state index contributed by atoms with van der Waals surface area (Å²) in [5.74, 6) is -0.510. The Hall–Kier alpha value is -1.99. The van der Waals surface area contributed by atoms with Gasteiger partial charge in [0, 0.05) is 20.1 Å². The van der Waals surface area contributed by atoms with Crippen LogP contribution in [0.1, 0.15) is 31.2 Å². The van der Waals surface area contributed by atoms with E-state index in [1.54, 1.807) is 23.3 Å². The molecule has 6 nitrogen and oxygen atoms in total. The minimum absolute atomic E-state index is 0.0229. The number of hydrogen-bond acceptors (Lipinski definition) is 5. The average Bonchev–Trinajstić information content (AvgIpc) is 3.31. The number of para-hydroxylation sites is 1. The van der Waals surface area contributed by atoms with E-state index < -0.39 is 11.4 Å². The van der Waals surface area contributed by atoms with E-state index in [0.29, 0.717) is 19.6 Å². The first-order valence-corrected chi connectivity index (χ1v) is 10.3. The number of hydrogen-bond donors (Lipinski definition) is 1. The molecule has 1 aromatic carbocycles. The summed E-state index contributed by atoms with van der Waals surface area (Å²) in [4.78, 5) is 33.2. The quantitative estimate of drug-likeness (QED) is 0.854. The predicted molar refractivity (Wildman–Crippen MR) is 105 cm³/mol. The lowest BCUT2D eigenvalue weighted by Crippen LogP contribution is -2.46. The van der Waals surface area contributed by atoms with Crippen LogP contribution in [0.5, 0.6) is 0 Å². The predicted octanol–water partition coefficient (Wildman–Crippen LogP) is 2.83. The zero-order valence-corrected chi connectivity index (χ0v) is 16.5. The summed E-state index contributed by atoms with van der Waals surface area (Å²) in [7, 11) is 1.80. The molecule has 1 unspecified atom stereocenters. The van der Waals surface area contributed by atoms with Gasteiger partial charge >= 0.3 is 5.97 Å². The second-order valence-electron chi connectivity index (χ2n) is 7.93. The van der Waals surface area contributed by atoms with Gasteiger partial charge in [0.2, 0.25) is 5.91 Å². The summed E-state index contributed by atoms with van der Waals surface area (Å²) in [5.41, 5.74) is 0.308. The smallest absolute Gasteiger partial charge is 0.311 e. The zero-order valence-electron chi connectivity index (χ0n) is 15.7. The Labute approximate surface area is 162 Å². The Bertz CT molecular complexity index is 849. The molecule has 1 aliphatic carbocycles. The fourth-order valence-corrected chi connectivity index (χ4v) is 5.74. The van der Waals surface area contributed by atoms with E-state index in [1.807, 2.05) is 31.2 Å². The van der Waals surface area contributed by atoms with Crippen molar-refractivity contribution in [2.75, 3.05) is 20.1 Å². The number of thiazole rings is 1. The third-order valence-electron chi connectivity index (χ3n) is 6.31. The lowest BCUT2D eigenvalue weighted by molar-refractivity contribution is -0.150.